The lowest BCUT2D eigenvalue weighted by Crippen LogP contribution is -2.33. The second kappa shape index (κ2) is 14.2. The number of hydrogen-bond donors (Lipinski definition) is 5. The van der Waals surface area contributed by atoms with E-state index in [1.807, 2.05) is 0 Å². The highest BCUT2D eigenvalue weighted by molar-refractivity contribution is 5.93. The zero-order chi connectivity index (χ0) is 24.8. The summed E-state index contributed by atoms with van der Waals surface area (Å²) in [6, 6.07) is 10.8. The van der Waals surface area contributed by atoms with E-state index in [2.05, 4.69) is 26.2 Å². The number of phenolic OH excluding ortho intramolecular Hbond substituents is 1. The van der Waals surface area contributed by atoms with Gasteiger partial charge in [0.25, 0.3) is 0 Å². The van der Waals surface area contributed by atoms with Crippen LogP contribution < -0.4 is 16.0 Å². The third-order valence-corrected chi connectivity index (χ3v) is 5.03. The Labute approximate surface area is 198 Å². The van der Waals surface area contributed by atoms with Gasteiger partial charge in [0.15, 0.2) is 0 Å². The van der Waals surface area contributed by atoms with Crippen molar-refractivity contribution in [3.8, 4) is 5.75 Å². The van der Waals surface area contributed by atoms with Crippen molar-refractivity contribution in [2.24, 2.45) is 10.2 Å². The van der Waals surface area contributed by atoms with Crippen molar-refractivity contribution in [2.75, 3.05) is 20.1 Å². The molecule has 0 unspecified atom stereocenters. The van der Waals surface area contributed by atoms with E-state index >= 15 is 0 Å². The lowest BCUT2D eigenvalue weighted by Gasteiger charge is -2.08. The molecular formula is C24H31N5O5. The first-order valence-corrected chi connectivity index (χ1v) is 11.2. The Hall–Kier alpha value is -3.95. The fourth-order valence-corrected chi connectivity index (χ4v) is 3.15. The Morgan fingerprint density at radius 1 is 0.912 bits per heavy atom. The van der Waals surface area contributed by atoms with E-state index in [1.54, 1.807) is 37.4 Å². The van der Waals surface area contributed by atoms with Crippen molar-refractivity contribution in [3.63, 3.8) is 0 Å². The number of rotatable bonds is 13. The number of amides is 3. The molecule has 10 nitrogen and oxygen atoms in total. The molecule has 2 rings (SSSR count). The van der Waals surface area contributed by atoms with Gasteiger partial charge in [-0.05, 0) is 55.2 Å². The van der Waals surface area contributed by atoms with Crippen LogP contribution in [0.3, 0.4) is 0 Å². The maximum Gasteiger partial charge on any atom is 0.337 e. The number of nitrogens with one attached hydrogen (secondary N) is 3. The molecule has 0 heterocycles. The molecule has 0 radical (unpaired) electrons. The predicted octanol–water partition coefficient (Wildman–Crippen LogP) is 4.04. The number of nitrogens with zero attached hydrogens (tertiary/aromatic N) is 2. The third-order valence-electron chi connectivity index (χ3n) is 5.03. The Bertz CT molecular complexity index is 1010. The van der Waals surface area contributed by atoms with Crippen LogP contribution in [0.5, 0.6) is 5.75 Å². The van der Waals surface area contributed by atoms with Crippen LogP contribution in [-0.2, 0) is 11.2 Å². The number of benzene rings is 2. The summed E-state index contributed by atoms with van der Waals surface area (Å²) >= 11 is 0. The average molecular weight is 470 g/mol. The number of carbonyl (C=O) groups is 3. The van der Waals surface area contributed by atoms with Crippen LogP contribution in [-0.4, -0.2) is 48.3 Å². The lowest BCUT2D eigenvalue weighted by molar-refractivity contribution is -0.121. The van der Waals surface area contributed by atoms with E-state index in [4.69, 9.17) is 0 Å². The topological polar surface area (TPSA) is 152 Å². The van der Waals surface area contributed by atoms with Crippen LogP contribution in [0.25, 0.3) is 0 Å². The van der Waals surface area contributed by atoms with Gasteiger partial charge in [0, 0.05) is 26.6 Å². The Kier molecular flexibility index (Phi) is 11.0. The lowest BCUT2D eigenvalue weighted by atomic mass is 10.1. The van der Waals surface area contributed by atoms with Crippen molar-refractivity contribution in [3.05, 3.63) is 53.6 Å². The summed E-state index contributed by atoms with van der Waals surface area (Å²) in [6.45, 7) is 1.20. The predicted molar refractivity (Wildman–Crippen MR) is 128 cm³/mol. The summed E-state index contributed by atoms with van der Waals surface area (Å²) in [4.78, 5) is 34.4. The highest BCUT2D eigenvalue weighted by atomic mass is 16.4. The molecule has 0 fully saturated rings. The molecule has 0 aliphatic rings. The number of unbranched alkanes of at least 4 members (excludes halogenated alkanes) is 3. The van der Waals surface area contributed by atoms with E-state index < -0.39 is 5.97 Å². The first-order valence-electron chi connectivity index (χ1n) is 11.2. The normalized spacial score (nSPS) is 10.7. The Morgan fingerprint density at radius 2 is 1.62 bits per heavy atom. The molecular weight excluding hydrogens is 438 g/mol. The smallest absolute Gasteiger partial charge is 0.337 e. The van der Waals surface area contributed by atoms with Crippen LogP contribution in [0.2, 0.25) is 0 Å². The summed E-state index contributed by atoms with van der Waals surface area (Å²) in [6.07, 6.45) is 4.20. The fraction of sp³-hybridized carbons (Fsp3) is 0.375. The quantitative estimate of drug-likeness (QED) is 0.221. The highest BCUT2D eigenvalue weighted by Crippen LogP contribution is 2.27. The minimum absolute atomic E-state index is 0.0440. The Morgan fingerprint density at radius 3 is 2.32 bits per heavy atom. The molecule has 3 amide bonds. The SMILES string of the molecule is CNC(=O)NCCCCCCNC(=O)CCc1cc(N=Nc2ccccc2C(=O)O)ccc1O. The van der Waals surface area contributed by atoms with E-state index in [9.17, 15) is 24.6 Å². The fourth-order valence-electron chi connectivity index (χ4n) is 3.15. The zero-order valence-corrected chi connectivity index (χ0v) is 19.2. The standard InChI is InChI=1S/C24H31N5O5/c1-25-24(34)27-15-7-3-2-6-14-26-22(31)13-10-17-16-18(11-12-21(17)30)28-29-20-9-5-4-8-19(20)23(32)33/h4-5,8-9,11-12,16,30H,2-3,6-7,10,13-15H2,1H3,(H,26,31)(H,32,33)(H2,25,27,34). The second-order valence-electron chi connectivity index (χ2n) is 7.61. The minimum Gasteiger partial charge on any atom is -0.508 e. The molecule has 5 N–H and O–H groups in total. The maximum atomic E-state index is 12.1. The number of aromatic hydroxyl groups is 1. The molecule has 0 saturated carbocycles. The van der Waals surface area contributed by atoms with Crippen LogP contribution >= 0.6 is 0 Å². The van der Waals surface area contributed by atoms with Crippen molar-refractivity contribution < 1.29 is 24.6 Å². The molecule has 182 valence electrons. The number of azo groups is 1. The molecule has 2 aromatic carbocycles. The van der Waals surface area contributed by atoms with Gasteiger partial charge in [-0.3, -0.25) is 4.79 Å². The molecule has 0 aliphatic carbocycles. The largest absolute Gasteiger partial charge is 0.508 e. The van der Waals surface area contributed by atoms with E-state index in [-0.39, 0.29) is 35.4 Å². The molecule has 10 heteroatoms. The van der Waals surface area contributed by atoms with Crippen LogP contribution in [0.4, 0.5) is 16.2 Å². The Balaban J connectivity index is 1.76. The number of urea groups is 1. The zero-order valence-electron chi connectivity index (χ0n) is 19.2. The summed E-state index contributed by atoms with van der Waals surface area (Å²) in [5.41, 5.74) is 1.27. The van der Waals surface area contributed by atoms with Gasteiger partial charge in [-0.1, -0.05) is 25.0 Å². The van der Waals surface area contributed by atoms with E-state index in [0.29, 0.717) is 30.8 Å². The summed E-state index contributed by atoms with van der Waals surface area (Å²) < 4.78 is 0. The second-order valence-corrected chi connectivity index (χ2v) is 7.61. The number of aromatic carboxylic acids is 1. The van der Waals surface area contributed by atoms with Crippen LogP contribution in [0.15, 0.2) is 52.7 Å². The monoisotopic (exact) mass is 469 g/mol. The number of aryl methyl sites for hydroxylation is 1. The molecule has 0 spiro atoms. The number of carbonyl (C=O) groups excluding carboxylic acids is 2. The van der Waals surface area contributed by atoms with Crippen molar-refractivity contribution in [1.29, 1.82) is 0 Å². The van der Waals surface area contributed by atoms with E-state index in [0.717, 1.165) is 25.7 Å². The van der Waals surface area contributed by atoms with Gasteiger partial charge in [-0.2, -0.15) is 5.11 Å². The summed E-state index contributed by atoms with van der Waals surface area (Å²) in [5, 5.41) is 35.5. The number of phenols is 1. The minimum atomic E-state index is -1.09. The third kappa shape index (κ3) is 9.27. The van der Waals surface area contributed by atoms with Crippen molar-refractivity contribution in [1.82, 2.24) is 16.0 Å². The van der Waals surface area contributed by atoms with Crippen molar-refractivity contribution >= 4 is 29.3 Å². The van der Waals surface area contributed by atoms with Gasteiger partial charge >= 0.3 is 12.0 Å². The van der Waals surface area contributed by atoms with Crippen molar-refractivity contribution in [2.45, 2.75) is 38.5 Å². The van der Waals surface area contributed by atoms with Crippen LogP contribution in [0, 0.1) is 0 Å². The van der Waals surface area contributed by atoms with Gasteiger partial charge in [0.2, 0.25) is 5.91 Å². The van der Waals surface area contributed by atoms with Gasteiger partial charge in [-0.15, -0.1) is 5.11 Å². The number of hydrogen-bond acceptors (Lipinski definition) is 6. The van der Waals surface area contributed by atoms with Crippen LogP contribution in [0.1, 0.15) is 48.0 Å². The first kappa shape index (κ1) is 26.3. The van der Waals surface area contributed by atoms with Gasteiger partial charge in [0.1, 0.15) is 11.4 Å². The molecule has 2 aromatic rings. The molecule has 0 saturated heterocycles. The average Bonchev–Trinajstić information content (AvgIpc) is 2.84. The van der Waals surface area contributed by atoms with Gasteiger partial charge in [-0.25, -0.2) is 9.59 Å². The van der Waals surface area contributed by atoms with Gasteiger partial charge < -0.3 is 26.2 Å². The number of carboxylic acid groups (broad SMARTS) is 1. The first-order chi connectivity index (χ1) is 16.4. The maximum absolute atomic E-state index is 12.1. The summed E-state index contributed by atoms with van der Waals surface area (Å²) in [5.74, 6) is -1.14. The molecule has 0 atom stereocenters. The molecule has 34 heavy (non-hydrogen) atoms. The molecule has 0 bridgehead atoms. The highest BCUT2D eigenvalue weighted by Gasteiger charge is 2.09. The number of carboxylic acids is 1. The molecule has 0 aromatic heterocycles. The molecule has 0 aliphatic heterocycles. The van der Waals surface area contributed by atoms with E-state index in [1.165, 1.54) is 12.1 Å². The van der Waals surface area contributed by atoms with Gasteiger partial charge in [0.05, 0.1) is 11.3 Å². The summed E-state index contributed by atoms with van der Waals surface area (Å²) in [7, 11) is 1.57.